The smallest absolute Gasteiger partial charge is 0.328 e. The van der Waals surface area contributed by atoms with Gasteiger partial charge in [0.1, 0.15) is 6.04 Å². The molecule has 0 saturated carbocycles. The van der Waals surface area contributed by atoms with Crippen LogP contribution in [0.25, 0.3) is 0 Å². The number of esters is 1. The molecule has 7 heteroatoms. The van der Waals surface area contributed by atoms with Crippen molar-refractivity contribution in [2.45, 2.75) is 37.1 Å². The summed E-state index contributed by atoms with van der Waals surface area (Å²) < 4.78 is 32.4. The first kappa shape index (κ1) is 18.1. The molecule has 0 radical (unpaired) electrons. The van der Waals surface area contributed by atoms with Gasteiger partial charge in [0.25, 0.3) is 0 Å². The molecule has 0 bridgehead atoms. The second kappa shape index (κ2) is 7.27. The normalized spacial score (nSPS) is 17.9. The van der Waals surface area contributed by atoms with Gasteiger partial charge >= 0.3 is 5.97 Å². The van der Waals surface area contributed by atoms with Gasteiger partial charge in [-0.05, 0) is 47.5 Å². The number of carbonyl (C=O) groups is 1. The van der Waals surface area contributed by atoms with E-state index in [2.05, 4.69) is 6.92 Å². The van der Waals surface area contributed by atoms with Gasteiger partial charge in [0, 0.05) is 11.4 Å². The monoisotopic (exact) mass is 379 g/mol. The minimum atomic E-state index is -3.78. The van der Waals surface area contributed by atoms with Gasteiger partial charge in [0.05, 0.1) is 12.0 Å². The number of sulfonamides is 1. The fourth-order valence-electron chi connectivity index (χ4n) is 3.16. The highest BCUT2D eigenvalue weighted by atomic mass is 32.2. The highest BCUT2D eigenvalue weighted by molar-refractivity contribution is 7.89. The van der Waals surface area contributed by atoms with Crippen molar-refractivity contribution in [1.82, 2.24) is 4.31 Å². The number of aryl methyl sites for hydroxylation is 1. The summed E-state index contributed by atoms with van der Waals surface area (Å²) in [6, 6.07) is 7.82. The molecule has 0 aliphatic carbocycles. The number of nitrogens with zero attached hydrogens (tertiary/aromatic N) is 1. The third-order valence-electron chi connectivity index (χ3n) is 4.41. The minimum Gasteiger partial charge on any atom is -0.468 e. The minimum absolute atomic E-state index is 0.208. The van der Waals surface area contributed by atoms with Crippen LogP contribution >= 0.6 is 11.3 Å². The van der Waals surface area contributed by atoms with Crippen molar-refractivity contribution < 1.29 is 17.9 Å². The Bertz CT molecular complexity index is 855. The number of fused-ring (bicyclic) bond motifs is 1. The lowest BCUT2D eigenvalue weighted by atomic mass is 10.0. The van der Waals surface area contributed by atoms with Gasteiger partial charge in [-0.25, -0.2) is 13.2 Å². The number of benzene rings is 1. The van der Waals surface area contributed by atoms with Crippen LogP contribution < -0.4 is 0 Å². The van der Waals surface area contributed by atoms with E-state index in [1.54, 1.807) is 23.5 Å². The Kier molecular flexibility index (Phi) is 5.27. The molecule has 25 heavy (non-hydrogen) atoms. The maximum atomic E-state index is 13.1. The van der Waals surface area contributed by atoms with Crippen molar-refractivity contribution in [3.63, 3.8) is 0 Å². The van der Waals surface area contributed by atoms with Crippen LogP contribution in [-0.4, -0.2) is 32.3 Å². The van der Waals surface area contributed by atoms with Gasteiger partial charge in [-0.1, -0.05) is 25.5 Å². The van der Waals surface area contributed by atoms with Gasteiger partial charge in [-0.3, -0.25) is 0 Å². The predicted molar refractivity (Wildman–Crippen MR) is 97.1 cm³/mol. The zero-order chi connectivity index (χ0) is 18.0. The van der Waals surface area contributed by atoms with E-state index in [0.717, 1.165) is 28.8 Å². The second-order valence-electron chi connectivity index (χ2n) is 5.98. The van der Waals surface area contributed by atoms with Gasteiger partial charge in [0.2, 0.25) is 10.0 Å². The molecule has 2 heterocycles. The molecular formula is C18H21NO4S2. The number of ether oxygens (including phenoxy) is 1. The largest absolute Gasteiger partial charge is 0.468 e. The number of carbonyl (C=O) groups excluding carboxylic acids is 1. The van der Waals surface area contributed by atoms with Crippen LogP contribution in [0.2, 0.25) is 0 Å². The van der Waals surface area contributed by atoms with Crippen LogP contribution in [0.15, 0.2) is 40.6 Å². The molecule has 3 rings (SSSR count). The first-order chi connectivity index (χ1) is 12.0. The number of thiophene rings is 1. The molecule has 1 atom stereocenters. The lowest BCUT2D eigenvalue weighted by Gasteiger charge is -2.33. The third-order valence-corrected chi connectivity index (χ3v) is 7.29. The Morgan fingerprint density at radius 1 is 1.28 bits per heavy atom. The molecule has 1 aliphatic heterocycles. The summed E-state index contributed by atoms with van der Waals surface area (Å²) in [5, 5.41) is 1.89. The van der Waals surface area contributed by atoms with Crippen LogP contribution in [0.1, 0.15) is 35.4 Å². The quantitative estimate of drug-likeness (QED) is 0.749. The van der Waals surface area contributed by atoms with Gasteiger partial charge in [-0.15, -0.1) is 11.3 Å². The molecule has 134 valence electrons. The molecule has 0 amide bonds. The molecule has 5 nitrogen and oxygen atoms in total. The highest BCUT2D eigenvalue weighted by Gasteiger charge is 2.41. The van der Waals surface area contributed by atoms with Crippen molar-refractivity contribution in [2.24, 2.45) is 0 Å². The number of rotatable bonds is 5. The van der Waals surface area contributed by atoms with Crippen molar-refractivity contribution >= 4 is 27.3 Å². The summed E-state index contributed by atoms with van der Waals surface area (Å²) in [5.41, 5.74) is 1.83. The standard InChI is InChI=1S/C18H21NO4S2/c1-3-4-13-5-7-14(8-6-13)25(21,22)19-11-9-16-15(10-12-24-16)17(19)18(20)23-2/h5-8,10,12,17H,3-4,9,11H2,1-2H3. The Morgan fingerprint density at radius 2 is 2.00 bits per heavy atom. The topological polar surface area (TPSA) is 63.7 Å². The molecule has 0 fully saturated rings. The van der Waals surface area contributed by atoms with E-state index >= 15 is 0 Å². The zero-order valence-corrected chi connectivity index (χ0v) is 15.9. The maximum Gasteiger partial charge on any atom is 0.328 e. The molecule has 1 unspecified atom stereocenters. The third kappa shape index (κ3) is 3.36. The summed E-state index contributed by atoms with van der Waals surface area (Å²) in [6.07, 6.45) is 2.52. The van der Waals surface area contributed by atoms with Crippen molar-refractivity contribution in [2.75, 3.05) is 13.7 Å². The average molecular weight is 380 g/mol. The SMILES string of the molecule is CCCc1ccc(S(=O)(=O)N2CCc3sccc3C2C(=O)OC)cc1. The first-order valence-corrected chi connectivity index (χ1v) is 10.6. The molecular weight excluding hydrogens is 358 g/mol. The van der Waals surface area contributed by atoms with Gasteiger partial charge < -0.3 is 4.74 Å². The van der Waals surface area contributed by atoms with E-state index in [1.807, 2.05) is 23.6 Å². The Morgan fingerprint density at radius 3 is 2.64 bits per heavy atom. The fourth-order valence-corrected chi connectivity index (χ4v) is 5.62. The Hall–Kier alpha value is -1.70. The Balaban J connectivity index is 1.99. The summed E-state index contributed by atoms with van der Waals surface area (Å²) in [5.74, 6) is -0.550. The zero-order valence-electron chi connectivity index (χ0n) is 14.3. The molecule has 2 aromatic rings. The van der Waals surface area contributed by atoms with Crippen LogP contribution in [0.4, 0.5) is 0 Å². The summed E-state index contributed by atoms with van der Waals surface area (Å²) >= 11 is 1.54. The Labute approximate surface area is 152 Å². The van der Waals surface area contributed by atoms with Crippen LogP contribution in [0.3, 0.4) is 0 Å². The summed E-state index contributed by atoms with van der Waals surface area (Å²) in [7, 11) is -2.50. The highest BCUT2D eigenvalue weighted by Crippen LogP contribution is 2.37. The van der Waals surface area contributed by atoms with Crippen molar-refractivity contribution in [1.29, 1.82) is 0 Å². The molecule has 1 aliphatic rings. The molecule has 0 saturated heterocycles. The van der Waals surface area contributed by atoms with E-state index in [4.69, 9.17) is 4.74 Å². The number of methoxy groups -OCH3 is 1. The van der Waals surface area contributed by atoms with E-state index < -0.39 is 22.0 Å². The van der Waals surface area contributed by atoms with E-state index in [9.17, 15) is 13.2 Å². The second-order valence-corrected chi connectivity index (χ2v) is 8.88. The van der Waals surface area contributed by atoms with Gasteiger partial charge in [-0.2, -0.15) is 4.31 Å². The summed E-state index contributed by atoms with van der Waals surface area (Å²) in [6.45, 7) is 2.35. The maximum absolute atomic E-state index is 13.1. The molecule has 1 aromatic carbocycles. The number of hydrogen-bond acceptors (Lipinski definition) is 5. The lowest BCUT2D eigenvalue weighted by Crippen LogP contribution is -2.43. The average Bonchev–Trinajstić information content (AvgIpc) is 3.09. The summed E-state index contributed by atoms with van der Waals surface area (Å²) in [4.78, 5) is 13.6. The lowest BCUT2D eigenvalue weighted by molar-refractivity contribution is -0.145. The number of hydrogen-bond donors (Lipinski definition) is 0. The van der Waals surface area contributed by atoms with Crippen LogP contribution in [0, 0.1) is 0 Å². The fraction of sp³-hybridized carbons (Fsp3) is 0.389. The first-order valence-electron chi connectivity index (χ1n) is 8.24. The van der Waals surface area contributed by atoms with Gasteiger partial charge in [0.15, 0.2) is 0 Å². The van der Waals surface area contributed by atoms with E-state index in [1.165, 1.54) is 11.4 Å². The van der Waals surface area contributed by atoms with Crippen molar-refractivity contribution in [3.8, 4) is 0 Å². The van der Waals surface area contributed by atoms with E-state index in [0.29, 0.717) is 6.42 Å². The van der Waals surface area contributed by atoms with Crippen LogP contribution in [0.5, 0.6) is 0 Å². The van der Waals surface area contributed by atoms with Crippen LogP contribution in [-0.2, 0) is 32.4 Å². The van der Waals surface area contributed by atoms with E-state index in [-0.39, 0.29) is 11.4 Å². The predicted octanol–water partition coefficient (Wildman–Crippen LogP) is 3.16. The molecule has 0 spiro atoms. The van der Waals surface area contributed by atoms with Crippen molar-refractivity contribution in [3.05, 3.63) is 51.7 Å². The molecule has 1 aromatic heterocycles. The molecule has 0 N–H and O–H groups in total.